The fourth-order valence-corrected chi connectivity index (χ4v) is 4.27. The third-order valence-electron chi connectivity index (χ3n) is 3.92. The third-order valence-corrected chi connectivity index (χ3v) is 5.70. The fourth-order valence-electron chi connectivity index (χ4n) is 2.64. The quantitative estimate of drug-likeness (QED) is 0.921. The summed E-state index contributed by atoms with van der Waals surface area (Å²) in [6.07, 6.45) is 1.11. The third kappa shape index (κ3) is 4.60. The predicted octanol–water partition coefficient (Wildman–Crippen LogP) is 2.76. The van der Waals surface area contributed by atoms with Crippen molar-refractivity contribution in [2.75, 3.05) is 45.1 Å². The Hall–Kier alpha value is -1.28. The molecule has 1 aliphatic rings. The molecule has 1 fully saturated rings. The number of nitrogens with zero attached hydrogens (tertiary/aromatic N) is 3. The molecule has 124 valence electrons. The lowest BCUT2D eigenvalue weighted by Gasteiger charge is -2.18. The summed E-state index contributed by atoms with van der Waals surface area (Å²) in [5.41, 5.74) is 0.944. The summed E-state index contributed by atoms with van der Waals surface area (Å²) in [4.78, 5) is 23.7. The van der Waals surface area contributed by atoms with Crippen LogP contribution in [0.5, 0.6) is 0 Å². The number of anilines is 1. The van der Waals surface area contributed by atoms with Crippen molar-refractivity contribution in [3.8, 4) is 10.6 Å². The van der Waals surface area contributed by atoms with Crippen molar-refractivity contribution in [1.82, 2.24) is 14.8 Å². The van der Waals surface area contributed by atoms with Crippen molar-refractivity contribution in [3.63, 3.8) is 0 Å². The largest absolute Gasteiger partial charge is 0.305 e. The van der Waals surface area contributed by atoms with Gasteiger partial charge in [-0.25, -0.2) is 4.98 Å². The zero-order chi connectivity index (χ0) is 16.2. The Labute approximate surface area is 144 Å². The number of aromatic nitrogens is 1. The van der Waals surface area contributed by atoms with Crippen molar-refractivity contribution in [3.05, 3.63) is 22.4 Å². The van der Waals surface area contributed by atoms with E-state index in [1.165, 1.54) is 16.2 Å². The van der Waals surface area contributed by atoms with Crippen LogP contribution < -0.4 is 5.32 Å². The van der Waals surface area contributed by atoms with Gasteiger partial charge in [0.1, 0.15) is 0 Å². The number of carbonyl (C=O) groups is 1. The Kier molecular flexibility index (Phi) is 5.42. The molecule has 0 saturated carbocycles. The van der Waals surface area contributed by atoms with E-state index in [9.17, 15) is 4.79 Å². The minimum atomic E-state index is 0.0258. The molecular weight excluding hydrogens is 328 g/mol. The van der Waals surface area contributed by atoms with Gasteiger partial charge in [-0.1, -0.05) is 0 Å². The maximum atomic E-state index is 12.2. The van der Waals surface area contributed by atoms with E-state index < -0.39 is 0 Å². The van der Waals surface area contributed by atoms with E-state index in [0.717, 1.165) is 43.2 Å². The second kappa shape index (κ2) is 7.53. The van der Waals surface area contributed by atoms with Crippen LogP contribution in [-0.4, -0.2) is 60.5 Å². The highest BCUT2D eigenvalue weighted by Crippen LogP contribution is 2.30. The van der Waals surface area contributed by atoms with Crippen LogP contribution in [0.1, 0.15) is 11.3 Å². The first-order valence-electron chi connectivity index (χ1n) is 7.83. The molecule has 0 spiro atoms. The molecule has 0 bridgehead atoms. The van der Waals surface area contributed by atoms with Crippen LogP contribution in [0.3, 0.4) is 0 Å². The maximum absolute atomic E-state index is 12.2. The van der Waals surface area contributed by atoms with E-state index in [0.29, 0.717) is 11.7 Å². The highest BCUT2D eigenvalue weighted by molar-refractivity contribution is 7.17. The number of thiophene rings is 1. The van der Waals surface area contributed by atoms with Crippen LogP contribution in [0.4, 0.5) is 5.13 Å². The average Bonchev–Trinajstić information content (AvgIpc) is 3.08. The van der Waals surface area contributed by atoms with E-state index in [-0.39, 0.29) is 5.91 Å². The fraction of sp³-hybridized carbons (Fsp3) is 0.500. The normalized spacial score (nSPS) is 17.1. The number of aryl methyl sites for hydroxylation is 1. The second-order valence-electron chi connectivity index (χ2n) is 5.93. The number of hydrogen-bond acceptors (Lipinski definition) is 6. The summed E-state index contributed by atoms with van der Waals surface area (Å²) < 4.78 is 0. The van der Waals surface area contributed by atoms with Gasteiger partial charge in [-0.15, -0.1) is 22.7 Å². The summed E-state index contributed by atoms with van der Waals surface area (Å²) in [5.74, 6) is 0.0258. The Morgan fingerprint density at radius 2 is 2.17 bits per heavy atom. The SMILES string of the molecule is Cc1ccc(-c2csc(NC(=O)CN3CCCN(C)CC3)n2)s1. The van der Waals surface area contributed by atoms with E-state index in [1.54, 1.807) is 11.3 Å². The summed E-state index contributed by atoms with van der Waals surface area (Å²) >= 11 is 3.21. The zero-order valence-corrected chi connectivity index (χ0v) is 15.2. The van der Waals surface area contributed by atoms with Crippen molar-refractivity contribution in [2.45, 2.75) is 13.3 Å². The van der Waals surface area contributed by atoms with Crippen molar-refractivity contribution >= 4 is 33.7 Å². The van der Waals surface area contributed by atoms with Gasteiger partial charge in [0.25, 0.3) is 0 Å². The lowest BCUT2D eigenvalue weighted by atomic mass is 10.4. The Bertz CT molecular complexity index is 667. The number of rotatable bonds is 4. The minimum Gasteiger partial charge on any atom is -0.305 e. The second-order valence-corrected chi connectivity index (χ2v) is 8.08. The van der Waals surface area contributed by atoms with Gasteiger partial charge in [0.2, 0.25) is 5.91 Å². The first-order valence-corrected chi connectivity index (χ1v) is 9.53. The van der Waals surface area contributed by atoms with Gasteiger partial charge in [-0.05, 0) is 45.6 Å². The topological polar surface area (TPSA) is 48.5 Å². The summed E-state index contributed by atoms with van der Waals surface area (Å²) in [6, 6.07) is 4.17. The molecule has 7 heteroatoms. The Balaban J connectivity index is 1.55. The molecular formula is C16H22N4OS2. The van der Waals surface area contributed by atoms with Crippen LogP contribution in [0.25, 0.3) is 10.6 Å². The molecule has 5 nitrogen and oxygen atoms in total. The lowest BCUT2D eigenvalue weighted by molar-refractivity contribution is -0.117. The van der Waals surface area contributed by atoms with Crippen molar-refractivity contribution in [2.24, 2.45) is 0 Å². The molecule has 1 saturated heterocycles. The van der Waals surface area contributed by atoms with Crippen LogP contribution in [0.2, 0.25) is 0 Å². The first-order chi connectivity index (χ1) is 11.1. The molecule has 2 aromatic rings. The van der Waals surface area contributed by atoms with Gasteiger partial charge < -0.3 is 10.2 Å². The highest BCUT2D eigenvalue weighted by Gasteiger charge is 2.16. The molecule has 1 N–H and O–H groups in total. The van der Waals surface area contributed by atoms with Gasteiger partial charge in [0, 0.05) is 23.3 Å². The van der Waals surface area contributed by atoms with Crippen LogP contribution in [0.15, 0.2) is 17.5 Å². The smallest absolute Gasteiger partial charge is 0.240 e. The number of carbonyl (C=O) groups excluding carboxylic acids is 1. The molecule has 0 aromatic carbocycles. The van der Waals surface area contributed by atoms with Crippen LogP contribution in [-0.2, 0) is 4.79 Å². The van der Waals surface area contributed by atoms with Gasteiger partial charge in [0.05, 0.1) is 17.1 Å². The average molecular weight is 351 g/mol. The monoisotopic (exact) mass is 350 g/mol. The minimum absolute atomic E-state index is 0.0258. The molecule has 23 heavy (non-hydrogen) atoms. The van der Waals surface area contributed by atoms with Gasteiger partial charge in [-0.3, -0.25) is 9.69 Å². The van der Waals surface area contributed by atoms with Gasteiger partial charge in [-0.2, -0.15) is 0 Å². The Morgan fingerprint density at radius 1 is 1.30 bits per heavy atom. The molecule has 0 unspecified atom stereocenters. The van der Waals surface area contributed by atoms with E-state index >= 15 is 0 Å². The van der Waals surface area contributed by atoms with Crippen molar-refractivity contribution < 1.29 is 4.79 Å². The molecule has 1 amide bonds. The zero-order valence-electron chi connectivity index (χ0n) is 13.5. The van der Waals surface area contributed by atoms with Crippen LogP contribution >= 0.6 is 22.7 Å². The molecule has 3 rings (SSSR count). The van der Waals surface area contributed by atoms with E-state index in [2.05, 4.69) is 46.2 Å². The Morgan fingerprint density at radius 3 is 2.96 bits per heavy atom. The first kappa shape index (κ1) is 16.6. The summed E-state index contributed by atoms with van der Waals surface area (Å²) in [5, 5.41) is 5.62. The number of likely N-dealkylation sites (N-methyl/N-ethyl adjacent to an activating group) is 1. The lowest BCUT2D eigenvalue weighted by Crippen LogP contribution is -2.35. The van der Waals surface area contributed by atoms with Gasteiger partial charge in [0.15, 0.2) is 5.13 Å². The number of nitrogens with one attached hydrogen (secondary N) is 1. The molecule has 0 atom stereocenters. The summed E-state index contributed by atoms with van der Waals surface area (Å²) in [6.45, 7) is 6.58. The maximum Gasteiger partial charge on any atom is 0.240 e. The van der Waals surface area contributed by atoms with Gasteiger partial charge >= 0.3 is 0 Å². The van der Waals surface area contributed by atoms with Crippen LogP contribution in [0, 0.1) is 6.92 Å². The van der Waals surface area contributed by atoms with E-state index in [1.807, 2.05) is 5.38 Å². The molecule has 2 aromatic heterocycles. The highest BCUT2D eigenvalue weighted by atomic mass is 32.1. The van der Waals surface area contributed by atoms with E-state index in [4.69, 9.17) is 0 Å². The van der Waals surface area contributed by atoms with Crippen molar-refractivity contribution in [1.29, 1.82) is 0 Å². The number of hydrogen-bond donors (Lipinski definition) is 1. The predicted molar refractivity (Wildman–Crippen MR) is 97.3 cm³/mol. The standard InChI is InChI=1S/C16H22N4OS2/c1-12-4-5-14(23-12)13-11-22-16(17-13)18-15(21)10-20-7-3-6-19(2)8-9-20/h4-5,11H,3,6-10H2,1-2H3,(H,17,18,21). The molecule has 0 aliphatic carbocycles. The molecule has 3 heterocycles. The molecule has 1 aliphatic heterocycles. The molecule has 0 radical (unpaired) electrons. The number of thiazole rings is 1. The number of amides is 1. The summed E-state index contributed by atoms with van der Waals surface area (Å²) in [7, 11) is 2.13.